The molecule has 0 aliphatic rings. The zero-order valence-corrected chi connectivity index (χ0v) is 4.75. The van der Waals surface area contributed by atoms with E-state index in [4.69, 9.17) is 0 Å². The Morgan fingerprint density at radius 1 is 1.67 bits per heavy atom. The van der Waals surface area contributed by atoms with E-state index in [9.17, 15) is 8.78 Å². The molecule has 3 nitrogen and oxygen atoms in total. The number of aryl methyl sites for hydroxylation is 1. The number of alkyl halides is 2. The smallest absolute Gasteiger partial charge is 0.247 e. The molecule has 0 saturated carbocycles. The van der Waals surface area contributed by atoms with Crippen LogP contribution in [0.5, 0.6) is 0 Å². The van der Waals surface area contributed by atoms with E-state index < -0.39 is 6.43 Å². The van der Waals surface area contributed by atoms with Crippen LogP contribution in [0.3, 0.4) is 0 Å². The number of aromatic nitrogens is 3. The topological polar surface area (TPSA) is 30.7 Å². The molecule has 0 bridgehead atoms. The molecule has 1 aromatic heterocycles. The average molecular weight is 133 g/mol. The van der Waals surface area contributed by atoms with E-state index >= 15 is 0 Å². The molecule has 0 aliphatic carbocycles. The summed E-state index contributed by atoms with van der Waals surface area (Å²) in [7, 11) is 1.43. The van der Waals surface area contributed by atoms with Crippen LogP contribution < -0.4 is 0 Å². The number of hydrogen-bond acceptors (Lipinski definition) is 2. The molecule has 5 heteroatoms. The van der Waals surface area contributed by atoms with Crippen LogP contribution in [0.1, 0.15) is 12.1 Å². The van der Waals surface area contributed by atoms with Crippen molar-refractivity contribution in [2.45, 2.75) is 6.43 Å². The summed E-state index contributed by atoms with van der Waals surface area (Å²) in [5, 5.41) is 6.60. The van der Waals surface area contributed by atoms with Crippen molar-refractivity contribution in [2.75, 3.05) is 0 Å². The van der Waals surface area contributed by atoms with Crippen molar-refractivity contribution in [1.82, 2.24) is 15.0 Å². The van der Waals surface area contributed by atoms with Crippen molar-refractivity contribution in [3.63, 3.8) is 0 Å². The minimum atomic E-state index is -2.48. The van der Waals surface area contributed by atoms with Crippen molar-refractivity contribution in [3.8, 4) is 0 Å². The summed E-state index contributed by atoms with van der Waals surface area (Å²) in [6, 6.07) is 0. The van der Waals surface area contributed by atoms with Crippen LogP contribution in [0.4, 0.5) is 8.78 Å². The Hall–Kier alpha value is -1.00. The Kier molecular flexibility index (Phi) is 1.42. The van der Waals surface area contributed by atoms with E-state index in [1.165, 1.54) is 7.05 Å². The van der Waals surface area contributed by atoms with Gasteiger partial charge in [-0.25, -0.2) is 13.5 Å². The monoisotopic (exact) mass is 133 g/mol. The molecule has 0 aliphatic heterocycles. The second kappa shape index (κ2) is 2.08. The van der Waals surface area contributed by atoms with Crippen LogP contribution >= 0.6 is 0 Å². The molecular weight excluding hydrogens is 128 g/mol. The third-order valence-corrected chi connectivity index (χ3v) is 0.973. The van der Waals surface area contributed by atoms with Crippen LogP contribution in [0.25, 0.3) is 0 Å². The van der Waals surface area contributed by atoms with Gasteiger partial charge in [-0.15, -0.1) is 5.10 Å². The lowest BCUT2D eigenvalue weighted by atomic mass is 10.5. The fourth-order valence-corrected chi connectivity index (χ4v) is 0.495. The largest absolute Gasteiger partial charge is 0.281 e. The molecule has 0 radical (unpaired) electrons. The quantitative estimate of drug-likeness (QED) is 0.566. The second-order valence-corrected chi connectivity index (χ2v) is 1.58. The molecule has 0 saturated heterocycles. The molecule has 0 aromatic carbocycles. The third kappa shape index (κ3) is 1.04. The molecule has 50 valence electrons. The average Bonchev–Trinajstić information content (AvgIpc) is 2.13. The summed E-state index contributed by atoms with van der Waals surface area (Å²) in [6.07, 6.45) is -1.44. The van der Waals surface area contributed by atoms with Crippen molar-refractivity contribution < 1.29 is 8.78 Å². The number of rotatable bonds is 1. The summed E-state index contributed by atoms with van der Waals surface area (Å²) in [4.78, 5) is 0. The highest BCUT2D eigenvalue weighted by Crippen LogP contribution is 2.14. The molecule has 0 fully saturated rings. The fraction of sp³-hybridized carbons (Fsp3) is 0.500. The predicted molar refractivity (Wildman–Crippen MR) is 26.0 cm³/mol. The standard InChI is InChI=1S/C4H5F2N3/c1-9-3(4(5)6)2-7-8-9/h2,4H,1H3. The Bertz CT molecular complexity index is 195. The number of halogens is 2. The van der Waals surface area contributed by atoms with Gasteiger partial charge in [-0.3, -0.25) is 0 Å². The van der Waals surface area contributed by atoms with Gasteiger partial charge in [0.05, 0.1) is 6.20 Å². The second-order valence-electron chi connectivity index (χ2n) is 1.58. The lowest BCUT2D eigenvalue weighted by Crippen LogP contribution is -1.97. The van der Waals surface area contributed by atoms with Gasteiger partial charge in [-0.05, 0) is 0 Å². The maximum absolute atomic E-state index is 11.8. The van der Waals surface area contributed by atoms with E-state index in [2.05, 4.69) is 10.3 Å². The Morgan fingerprint density at radius 3 is 2.56 bits per heavy atom. The van der Waals surface area contributed by atoms with Crippen LogP contribution in [0.15, 0.2) is 6.20 Å². The zero-order chi connectivity index (χ0) is 6.85. The van der Waals surface area contributed by atoms with Crippen molar-refractivity contribution in [1.29, 1.82) is 0 Å². The van der Waals surface area contributed by atoms with Crippen LogP contribution in [0, 0.1) is 0 Å². The summed E-state index contributed by atoms with van der Waals surface area (Å²) >= 11 is 0. The minimum absolute atomic E-state index is 0.157. The van der Waals surface area contributed by atoms with Crippen molar-refractivity contribution in [3.05, 3.63) is 11.9 Å². The summed E-state index contributed by atoms with van der Waals surface area (Å²) in [5.41, 5.74) is -0.157. The maximum Gasteiger partial charge on any atom is 0.281 e. The van der Waals surface area contributed by atoms with Crippen LogP contribution in [-0.4, -0.2) is 15.0 Å². The maximum atomic E-state index is 11.8. The fourth-order valence-electron chi connectivity index (χ4n) is 0.495. The van der Waals surface area contributed by atoms with Gasteiger partial charge in [0.2, 0.25) is 0 Å². The molecule has 1 aromatic rings. The van der Waals surface area contributed by atoms with Crippen molar-refractivity contribution >= 4 is 0 Å². The molecule has 0 N–H and O–H groups in total. The Labute approximate surface area is 50.3 Å². The van der Waals surface area contributed by atoms with E-state index in [-0.39, 0.29) is 5.69 Å². The van der Waals surface area contributed by atoms with Gasteiger partial charge in [0.15, 0.2) is 0 Å². The van der Waals surface area contributed by atoms with E-state index in [0.717, 1.165) is 10.9 Å². The van der Waals surface area contributed by atoms with Gasteiger partial charge in [-0.1, -0.05) is 5.21 Å². The van der Waals surface area contributed by atoms with Gasteiger partial charge in [-0.2, -0.15) is 0 Å². The number of nitrogens with zero attached hydrogens (tertiary/aromatic N) is 3. The summed E-state index contributed by atoms with van der Waals surface area (Å²) in [6.45, 7) is 0. The highest BCUT2D eigenvalue weighted by atomic mass is 19.3. The lowest BCUT2D eigenvalue weighted by Gasteiger charge is -1.94. The molecule has 1 heterocycles. The first-order chi connectivity index (χ1) is 4.22. The summed E-state index contributed by atoms with van der Waals surface area (Å²) in [5.74, 6) is 0. The van der Waals surface area contributed by atoms with Crippen LogP contribution in [-0.2, 0) is 7.05 Å². The first kappa shape index (κ1) is 6.12. The minimum Gasteiger partial charge on any atom is -0.247 e. The molecule has 9 heavy (non-hydrogen) atoms. The first-order valence-electron chi connectivity index (χ1n) is 2.34. The van der Waals surface area contributed by atoms with Gasteiger partial charge in [0.1, 0.15) is 5.69 Å². The first-order valence-corrected chi connectivity index (χ1v) is 2.34. The van der Waals surface area contributed by atoms with Gasteiger partial charge >= 0.3 is 0 Å². The molecule has 1 rings (SSSR count). The lowest BCUT2D eigenvalue weighted by molar-refractivity contribution is 0.141. The molecule has 0 spiro atoms. The highest BCUT2D eigenvalue weighted by Gasteiger charge is 2.10. The zero-order valence-electron chi connectivity index (χ0n) is 4.75. The molecule has 0 atom stereocenters. The predicted octanol–water partition coefficient (Wildman–Crippen LogP) is 0.753. The van der Waals surface area contributed by atoms with Crippen molar-refractivity contribution in [2.24, 2.45) is 7.05 Å². The van der Waals surface area contributed by atoms with E-state index in [1.54, 1.807) is 0 Å². The molecule has 0 unspecified atom stereocenters. The van der Waals surface area contributed by atoms with Gasteiger partial charge in [0, 0.05) is 7.05 Å². The Morgan fingerprint density at radius 2 is 2.33 bits per heavy atom. The normalized spacial score (nSPS) is 10.7. The Balaban J connectivity index is 2.94. The molecular formula is C4H5F2N3. The van der Waals surface area contributed by atoms with Crippen LogP contribution in [0.2, 0.25) is 0 Å². The number of hydrogen-bond donors (Lipinski definition) is 0. The third-order valence-electron chi connectivity index (χ3n) is 0.973. The van der Waals surface area contributed by atoms with E-state index in [0.29, 0.717) is 0 Å². The van der Waals surface area contributed by atoms with Gasteiger partial charge < -0.3 is 0 Å². The SMILES string of the molecule is Cn1nncc1C(F)F. The van der Waals surface area contributed by atoms with Gasteiger partial charge in [0.25, 0.3) is 6.43 Å². The molecule has 0 amide bonds. The highest BCUT2D eigenvalue weighted by molar-refractivity contribution is 4.93. The summed E-state index contributed by atoms with van der Waals surface area (Å²) < 4.78 is 24.6. The van der Waals surface area contributed by atoms with E-state index in [1.807, 2.05) is 0 Å².